The Balaban J connectivity index is 1.36. The van der Waals surface area contributed by atoms with Gasteiger partial charge in [-0.05, 0) is 58.9 Å². The molecule has 0 spiro atoms. The van der Waals surface area contributed by atoms with Crippen LogP contribution >= 0.6 is 0 Å². The minimum atomic E-state index is -4.08. The molecule has 9 heteroatoms. The van der Waals surface area contributed by atoms with Crippen molar-refractivity contribution in [2.75, 3.05) is 6.61 Å². The third kappa shape index (κ3) is 7.34. The largest absolute Gasteiger partial charge is 0.481 e. The van der Waals surface area contributed by atoms with Crippen LogP contribution in [0.15, 0.2) is 138 Å². The summed E-state index contributed by atoms with van der Waals surface area (Å²) in [5.74, 6) is -3.45. The number of aliphatic carboxylic acids is 2. The first-order valence-electron chi connectivity index (χ1n) is 15.0. The molecule has 0 saturated carbocycles. The molecule has 0 radical (unpaired) electrons. The maximum atomic E-state index is 12.9. The fraction of sp³-hybridized carbons (Fsp3) is 0.189. The topological polar surface area (TPSA) is 130 Å². The van der Waals surface area contributed by atoms with Gasteiger partial charge in [-0.15, -0.1) is 0 Å². The Kier molecular flexibility index (Phi) is 10.3. The summed E-state index contributed by atoms with van der Waals surface area (Å²) in [5.41, 5.74) is 1.25. The van der Waals surface area contributed by atoms with Gasteiger partial charge in [0.2, 0.25) is 0 Å². The van der Waals surface area contributed by atoms with Crippen LogP contribution in [0.5, 0.6) is 0 Å². The molecule has 0 aliphatic rings. The highest BCUT2D eigenvalue weighted by atomic mass is 32.2. The Morgan fingerprint density at radius 1 is 0.674 bits per heavy atom. The Hall–Kier alpha value is -4.83. The number of rotatable bonds is 15. The standard InChI is InChI=1S/C37H35NO7S/c39-35(40)29(15-12-24-45-46(43,44)33-23-22-27-13-10-11-14-28(27)25-33)26-34(36(41)42)38-37(30-16-4-1-5-17-30,31-18-6-2-7-19-31)32-20-8-3-9-21-32/h1-11,13-14,16-23,25,29,34,38H,12,15,24,26H2,(H,39,40)(H,41,42)/t29-,34-/m0/s1. The van der Waals surface area contributed by atoms with Crippen molar-refractivity contribution in [3.63, 3.8) is 0 Å². The van der Waals surface area contributed by atoms with Crippen molar-refractivity contribution < 1.29 is 32.4 Å². The molecule has 0 aliphatic carbocycles. The maximum absolute atomic E-state index is 12.9. The second kappa shape index (κ2) is 14.5. The molecule has 0 unspecified atom stereocenters. The van der Waals surface area contributed by atoms with Gasteiger partial charge in [-0.3, -0.25) is 19.1 Å². The molecule has 3 N–H and O–H groups in total. The second-order valence-corrected chi connectivity index (χ2v) is 12.7. The fourth-order valence-electron chi connectivity index (χ4n) is 5.81. The molecule has 0 fully saturated rings. The quantitative estimate of drug-likeness (QED) is 0.0679. The van der Waals surface area contributed by atoms with Crippen LogP contribution < -0.4 is 5.32 Å². The normalized spacial score (nSPS) is 13.2. The number of benzene rings is 5. The zero-order valence-corrected chi connectivity index (χ0v) is 25.8. The van der Waals surface area contributed by atoms with Gasteiger partial charge in [0.25, 0.3) is 10.1 Å². The number of hydrogen-bond donors (Lipinski definition) is 3. The number of fused-ring (bicyclic) bond motifs is 1. The van der Waals surface area contributed by atoms with Crippen LogP contribution in [0, 0.1) is 5.92 Å². The van der Waals surface area contributed by atoms with Gasteiger partial charge in [0.05, 0.1) is 23.0 Å². The van der Waals surface area contributed by atoms with E-state index in [0.717, 1.165) is 27.5 Å². The highest BCUT2D eigenvalue weighted by Gasteiger charge is 2.41. The summed E-state index contributed by atoms with van der Waals surface area (Å²) in [6.45, 7) is -0.244. The van der Waals surface area contributed by atoms with Crippen molar-refractivity contribution in [3.05, 3.63) is 150 Å². The highest BCUT2D eigenvalue weighted by Crippen LogP contribution is 2.38. The summed E-state index contributed by atoms with van der Waals surface area (Å²) >= 11 is 0. The molecule has 5 rings (SSSR count). The first-order valence-corrected chi connectivity index (χ1v) is 16.4. The van der Waals surface area contributed by atoms with E-state index in [1.165, 1.54) is 12.1 Å². The lowest BCUT2D eigenvalue weighted by Crippen LogP contribution is -2.53. The first kappa shape index (κ1) is 32.6. The fourth-order valence-corrected chi connectivity index (χ4v) is 6.79. The molecule has 0 bridgehead atoms. The molecule has 0 saturated heterocycles. The summed E-state index contributed by atoms with van der Waals surface area (Å²) in [4.78, 5) is 25.2. The zero-order valence-electron chi connectivity index (χ0n) is 25.0. The number of carbonyl (C=O) groups is 2. The van der Waals surface area contributed by atoms with Gasteiger partial charge in [0.15, 0.2) is 0 Å². The Morgan fingerprint density at radius 2 is 1.17 bits per heavy atom. The van der Waals surface area contributed by atoms with E-state index in [4.69, 9.17) is 4.18 Å². The van der Waals surface area contributed by atoms with E-state index >= 15 is 0 Å². The van der Waals surface area contributed by atoms with Crippen LogP contribution in [-0.2, 0) is 29.4 Å². The predicted molar refractivity (Wildman–Crippen MR) is 176 cm³/mol. The van der Waals surface area contributed by atoms with Gasteiger partial charge in [0, 0.05) is 0 Å². The zero-order chi connectivity index (χ0) is 32.6. The van der Waals surface area contributed by atoms with E-state index in [2.05, 4.69) is 5.32 Å². The van der Waals surface area contributed by atoms with Crippen molar-refractivity contribution >= 4 is 32.8 Å². The second-order valence-electron chi connectivity index (χ2n) is 11.1. The van der Waals surface area contributed by atoms with Crippen molar-refractivity contribution in [1.29, 1.82) is 0 Å². The van der Waals surface area contributed by atoms with E-state index in [1.54, 1.807) is 12.1 Å². The smallest absolute Gasteiger partial charge is 0.320 e. The summed E-state index contributed by atoms with van der Waals surface area (Å²) in [6.07, 6.45) is -0.128. The molecule has 0 amide bonds. The minimum Gasteiger partial charge on any atom is -0.481 e. The summed E-state index contributed by atoms with van der Waals surface area (Å²) in [5, 5.41) is 25.5. The van der Waals surface area contributed by atoms with Crippen LogP contribution in [0.1, 0.15) is 36.0 Å². The highest BCUT2D eigenvalue weighted by molar-refractivity contribution is 7.86. The summed E-state index contributed by atoms with van der Waals surface area (Å²) in [6, 6.07) is 39.1. The van der Waals surface area contributed by atoms with Gasteiger partial charge in [-0.1, -0.05) is 121 Å². The first-order chi connectivity index (χ1) is 22.2. The van der Waals surface area contributed by atoms with Gasteiger partial charge in [-0.2, -0.15) is 8.42 Å². The molecule has 0 heterocycles. The van der Waals surface area contributed by atoms with Crippen molar-refractivity contribution in [1.82, 2.24) is 5.32 Å². The predicted octanol–water partition coefficient (Wildman–Crippen LogP) is 6.45. The summed E-state index contributed by atoms with van der Waals surface area (Å²) in [7, 11) is -4.08. The van der Waals surface area contributed by atoms with E-state index in [-0.39, 0.29) is 30.8 Å². The van der Waals surface area contributed by atoms with E-state index in [9.17, 15) is 28.2 Å². The van der Waals surface area contributed by atoms with E-state index in [0.29, 0.717) is 0 Å². The number of carboxylic acid groups (broad SMARTS) is 2. The van der Waals surface area contributed by atoms with Crippen molar-refractivity contribution in [2.45, 2.75) is 35.7 Å². The maximum Gasteiger partial charge on any atom is 0.320 e. The van der Waals surface area contributed by atoms with Crippen LogP contribution in [0.4, 0.5) is 0 Å². The van der Waals surface area contributed by atoms with Crippen LogP contribution in [0.25, 0.3) is 10.8 Å². The van der Waals surface area contributed by atoms with Gasteiger partial charge < -0.3 is 10.2 Å². The molecule has 0 aromatic heterocycles. The van der Waals surface area contributed by atoms with E-state index in [1.807, 2.05) is 109 Å². The van der Waals surface area contributed by atoms with Crippen molar-refractivity contribution in [2.24, 2.45) is 5.92 Å². The van der Waals surface area contributed by atoms with Crippen LogP contribution in [0.2, 0.25) is 0 Å². The molecule has 2 atom stereocenters. The SMILES string of the molecule is O=C(O)[C@@H](CCCOS(=O)(=O)c1ccc2ccccc2c1)C[C@H](NC(c1ccccc1)(c1ccccc1)c1ccccc1)C(=O)O. The van der Waals surface area contributed by atoms with Crippen LogP contribution in [-0.4, -0.2) is 43.2 Å². The molecule has 46 heavy (non-hydrogen) atoms. The molecule has 5 aromatic rings. The van der Waals surface area contributed by atoms with Gasteiger partial charge in [-0.25, -0.2) is 0 Å². The lowest BCUT2D eigenvalue weighted by Gasteiger charge is -2.39. The van der Waals surface area contributed by atoms with Gasteiger partial charge in [0.1, 0.15) is 6.04 Å². The van der Waals surface area contributed by atoms with E-state index < -0.39 is 39.6 Å². The molecule has 8 nitrogen and oxygen atoms in total. The average molecular weight is 638 g/mol. The number of hydrogen-bond acceptors (Lipinski definition) is 6. The molecule has 5 aromatic carbocycles. The summed E-state index contributed by atoms with van der Waals surface area (Å²) < 4.78 is 31.0. The Bertz CT molecular complexity index is 1780. The third-order valence-corrected chi connectivity index (χ3v) is 9.43. The number of nitrogens with one attached hydrogen (secondary N) is 1. The monoisotopic (exact) mass is 637 g/mol. The Labute approximate surface area is 268 Å². The number of carboxylic acids is 2. The molecule has 236 valence electrons. The lowest BCUT2D eigenvalue weighted by molar-refractivity contribution is -0.144. The molecular weight excluding hydrogens is 602 g/mol. The molecule has 0 aliphatic heterocycles. The average Bonchev–Trinajstić information content (AvgIpc) is 3.08. The Morgan fingerprint density at radius 3 is 1.67 bits per heavy atom. The van der Waals surface area contributed by atoms with Gasteiger partial charge >= 0.3 is 11.9 Å². The third-order valence-electron chi connectivity index (χ3n) is 8.12. The van der Waals surface area contributed by atoms with Crippen molar-refractivity contribution in [3.8, 4) is 0 Å². The lowest BCUT2D eigenvalue weighted by atomic mass is 9.76. The minimum absolute atomic E-state index is 0.00945. The molecular formula is C37H35NO7S. The van der Waals surface area contributed by atoms with Crippen LogP contribution in [0.3, 0.4) is 0 Å².